The number of nitrogens with zero attached hydrogens (tertiary/aromatic N) is 2. The summed E-state index contributed by atoms with van der Waals surface area (Å²) in [5, 5.41) is 0.437. The van der Waals surface area contributed by atoms with Crippen molar-refractivity contribution >= 4 is 27.5 Å². The van der Waals surface area contributed by atoms with Crippen LogP contribution >= 0.6 is 27.5 Å². The first-order valence-corrected chi connectivity index (χ1v) is 6.59. The number of hydrogen-bond donors (Lipinski definition) is 0. The molecule has 94 valence electrons. The fourth-order valence-electron chi connectivity index (χ4n) is 1.68. The minimum atomic E-state index is 0.437. The van der Waals surface area contributed by atoms with Crippen LogP contribution < -0.4 is 4.74 Å². The number of rotatable bonds is 3. The number of aryl methyl sites for hydroxylation is 1. The van der Waals surface area contributed by atoms with E-state index < -0.39 is 0 Å². The standard InChI is InChI=1S/C13H12BrClN2O/c1-8-12(14)13(15)17-11(16-8)7-9-5-3-4-6-10(9)18-2/h3-6H,7H2,1-2H3. The van der Waals surface area contributed by atoms with E-state index in [1.165, 1.54) is 0 Å². The molecular weight excluding hydrogens is 316 g/mol. The summed E-state index contributed by atoms with van der Waals surface area (Å²) in [5.74, 6) is 1.52. The molecule has 5 heteroatoms. The zero-order valence-electron chi connectivity index (χ0n) is 10.1. The van der Waals surface area contributed by atoms with E-state index >= 15 is 0 Å². The van der Waals surface area contributed by atoms with Crippen molar-refractivity contribution in [3.05, 3.63) is 51.0 Å². The quantitative estimate of drug-likeness (QED) is 0.804. The summed E-state index contributed by atoms with van der Waals surface area (Å²) in [4.78, 5) is 8.66. The number of benzene rings is 1. The highest BCUT2D eigenvalue weighted by Gasteiger charge is 2.10. The summed E-state index contributed by atoms with van der Waals surface area (Å²) in [6, 6.07) is 7.81. The van der Waals surface area contributed by atoms with E-state index in [4.69, 9.17) is 16.3 Å². The molecule has 0 N–H and O–H groups in total. The average Bonchev–Trinajstić information content (AvgIpc) is 2.36. The minimum absolute atomic E-state index is 0.437. The first-order valence-electron chi connectivity index (χ1n) is 5.42. The van der Waals surface area contributed by atoms with Gasteiger partial charge in [0, 0.05) is 12.0 Å². The molecule has 0 saturated carbocycles. The Morgan fingerprint density at radius 1 is 1.28 bits per heavy atom. The summed E-state index contributed by atoms with van der Waals surface area (Å²) in [5.41, 5.74) is 1.87. The molecule has 1 aromatic heterocycles. The number of aromatic nitrogens is 2. The first-order chi connectivity index (χ1) is 8.61. The lowest BCUT2D eigenvalue weighted by molar-refractivity contribution is 0.410. The number of hydrogen-bond acceptors (Lipinski definition) is 3. The Morgan fingerprint density at radius 3 is 2.67 bits per heavy atom. The number of para-hydroxylation sites is 1. The summed E-state index contributed by atoms with van der Waals surface area (Å²) in [6.45, 7) is 1.89. The summed E-state index contributed by atoms with van der Waals surface area (Å²) in [6.07, 6.45) is 0.595. The molecule has 0 spiro atoms. The minimum Gasteiger partial charge on any atom is -0.496 e. The van der Waals surface area contributed by atoms with Crippen LogP contribution in [0.4, 0.5) is 0 Å². The maximum absolute atomic E-state index is 6.03. The Hall–Kier alpha value is -1.13. The SMILES string of the molecule is COc1ccccc1Cc1nc(C)c(Br)c(Cl)n1. The van der Waals surface area contributed by atoms with Gasteiger partial charge in [0.25, 0.3) is 0 Å². The average molecular weight is 328 g/mol. The maximum atomic E-state index is 6.03. The van der Waals surface area contributed by atoms with E-state index in [1.54, 1.807) is 7.11 Å². The maximum Gasteiger partial charge on any atom is 0.147 e. The Balaban J connectivity index is 2.34. The van der Waals surface area contributed by atoms with Gasteiger partial charge < -0.3 is 4.74 Å². The summed E-state index contributed by atoms with van der Waals surface area (Å²) < 4.78 is 6.05. The largest absolute Gasteiger partial charge is 0.496 e. The molecule has 2 aromatic rings. The van der Waals surface area contributed by atoms with Gasteiger partial charge in [-0.1, -0.05) is 29.8 Å². The Morgan fingerprint density at radius 2 is 2.00 bits per heavy atom. The number of halogens is 2. The molecule has 2 rings (SSSR count). The topological polar surface area (TPSA) is 35.0 Å². The lowest BCUT2D eigenvalue weighted by Gasteiger charge is -2.08. The summed E-state index contributed by atoms with van der Waals surface area (Å²) >= 11 is 9.37. The predicted octanol–water partition coefficient (Wildman–Crippen LogP) is 3.80. The molecule has 0 radical (unpaired) electrons. The van der Waals surface area contributed by atoms with Crippen LogP contribution in [0, 0.1) is 6.92 Å². The van der Waals surface area contributed by atoms with Crippen LogP contribution in [-0.4, -0.2) is 17.1 Å². The van der Waals surface area contributed by atoms with Crippen LogP contribution in [-0.2, 0) is 6.42 Å². The first kappa shape index (κ1) is 13.3. The lowest BCUT2D eigenvalue weighted by atomic mass is 10.1. The molecule has 3 nitrogen and oxygen atoms in total. The second-order valence-electron chi connectivity index (χ2n) is 3.82. The zero-order chi connectivity index (χ0) is 13.1. The van der Waals surface area contributed by atoms with Crippen molar-refractivity contribution in [3.63, 3.8) is 0 Å². The van der Waals surface area contributed by atoms with Gasteiger partial charge in [0.2, 0.25) is 0 Å². The van der Waals surface area contributed by atoms with Crippen molar-refractivity contribution in [3.8, 4) is 5.75 Å². The Bertz CT molecular complexity index is 552. The molecular formula is C13H12BrClN2O. The molecule has 1 aromatic carbocycles. The lowest BCUT2D eigenvalue weighted by Crippen LogP contribution is -2.01. The van der Waals surface area contributed by atoms with E-state index in [9.17, 15) is 0 Å². The molecule has 0 aliphatic heterocycles. The molecule has 1 heterocycles. The molecule has 0 fully saturated rings. The van der Waals surface area contributed by atoms with Crippen molar-refractivity contribution in [1.29, 1.82) is 0 Å². The van der Waals surface area contributed by atoms with Gasteiger partial charge in [-0.15, -0.1) is 0 Å². The number of methoxy groups -OCH3 is 1. The predicted molar refractivity (Wildman–Crippen MR) is 75.3 cm³/mol. The van der Waals surface area contributed by atoms with Crippen molar-refractivity contribution in [1.82, 2.24) is 9.97 Å². The van der Waals surface area contributed by atoms with Crippen molar-refractivity contribution in [2.45, 2.75) is 13.3 Å². The van der Waals surface area contributed by atoms with Crippen LogP contribution in [0.15, 0.2) is 28.7 Å². The molecule has 0 amide bonds. The van der Waals surface area contributed by atoms with Crippen LogP contribution in [0.5, 0.6) is 5.75 Å². The van der Waals surface area contributed by atoms with Gasteiger partial charge in [0.15, 0.2) is 0 Å². The van der Waals surface area contributed by atoms with Gasteiger partial charge in [-0.3, -0.25) is 0 Å². The highest BCUT2D eigenvalue weighted by atomic mass is 79.9. The Kier molecular flexibility index (Phi) is 4.19. The highest BCUT2D eigenvalue weighted by molar-refractivity contribution is 9.10. The zero-order valence-corrected chi connectivity index (χ0v) is 12.4. The molecule has 0 atom stereocenters. The third-order valence-corrected chi connectivity index (χ3v) is 4.01. The summed E-state index contributed by atoms with van der Waals surface area (Å²) in [7, 11) is 1.65. The van der Waals surface area contributed by atoms with Crippen molar-refractivity contribution < 1.29 is 4.74 Å². The van der Waals surface area contributed by atoms with Crippen LogP contribution in [0.3, 0.4) is 0 Å². The van der Waals surface area contributed by atoms with E-state index in [0.717, 1.165) is 21.5 Å². The van der Waals surface area contributed by atoms with Crippen LogP contribution in [0.1, 0.15) is 17.1 Å². The van der Waals surface area contributed by atoms with Gasteiger partial charge in [-0.2, -0.15) is 0 Å². The van der Waals surface area contributed by atoms with Crippen LogP contribution in [0.2, 0.25) is 5.15 Å². The normalized spacial score (nSPS) is 10.4. The van der Waals surface area contributed by atoms with Gasteiger partial charge in [-0.05, 0) is 28.9 Å². The fourth-order valence-corrected chi connectivity index (χ4v) is 2.09. The third-order valence-electron chi connectivity index (χ3n) is 2.56. The van der Waals surface area contributed by atoms with Gasteiger partial charge in [-0.25, -0.2) is 9.97 Å². The van der Waals surface area contributed by atoms with Gasteiger partial charge in [0.1, 0.15) is 16.7 Å². The molecule has 0 saturated heterocycles. The van der Waals surface area contributed by atoms with E-state index in [0.29, 0.717) is 17.4 Å². The molecule has 0 aliphatic carbocycles. The molecule has 0 unspecified atom stereocenters. The smallest absolute Gasteiger partial charge is 0.147 e. The second-order valence-corrected chi connectivity index (χ2v) is 4.97. The van der Waals surface area contributed by atoms with Crippen molar-refractivity contribution in [2.24, 2.45) is 0 Å². The van der Waals surface area contributed by atoms with Crippen LogP contribution in [0.25, 0.3) is 0 Å². The second kappa shape index (κ2) is 5.67. The van der Waals surface area contributed by atoms with E-state index in [1.807, 2.05) is 31.2 Å². The fraction of sp³-hybridized carbons (Fsp3) is 0.231. The molecule has 18 heavy (non-hydrogen) atoms. The monoisotopic (exact) mass is 326 g/mol. The highest BCUT2D eigenvalue weighted by Crippen LogP contribution is 2.25. The van der Waals surface area contributed by atoms with Gasteiger partial charge in [0.05, 0.1) is 17.3 Å². The molecule has 0 bridgehead atoms. The van der Waals surface area contributed by atoms with E-state index in [-0.39, 0.29) is 0 Å². The Labute approximate surface area is 119 Å². The molecule has 0 aliphatic rings. The van der Waals surface area contributed by atoms with Gasteiger partial charge >= 0.3 is 0 Å². The van der Waals surface area contributed by atoms with E-state index in [2.05, 4.69) is 25.9 Å². The number of ether oxygens (including phenoxy) is 1. The van der Waals surface area contributed by atoms with Crippen molar-refractivity contribution in [2.75, 3.05) is 7.11 Å². The third kappa shape index (κ3) is 2.82.